The van der Waals surface area contributed by atoms with Gasteiger partial charge in [0.1, 0.15) is 5.82 Å². The van der Waals surface area contributed by atoms with Gasteiger partial charge in [-0.05, 0) is 31.9 Å². The molecule has 2 aromatic rings. The molecular weight excluding hydrogens is 352 g/mol. The molecule has 0 unspecified atom stereocenters. The first-order valence-electron chi connectivity index (χ1n) is 8.92. The van der Waals surface area contributed by atoms with Gasteiger partial charge in [0.05, 0.1) is 29.4 Å². The fourth-order valence-corrected chi connectivity index (χ4v) is 3.67. The van der Waals surface area contributed by atoms with E-state index in [1.54, 1.807) is 31.5 Å². The lowest BCUT2D eigenvalue weighted by molar-refractivity contribution is 0.0736. The number of likely N-dealkylation sites (tertiary alicyclic amines) is 1. The van der Waals surface area contributed by atoms with Crippen molar-refractivity contribution in [3.8, 4) is 0 Å². The minimum Gasteiger partial charge on any atom is -0.383 e. The monoisotopic (exact) mass is 376 g/mol. The van der Waals surface area contributed by atoms with Crippen molar-refractivity contribution in [3.05, 3.63) is 47.1 Å². The number of ether oxygens (including phenoxy) is 1. The van der Waals surface area contributed by atoms with Gasteiger partial charge in [-0.15, -0.1) is 0 Å². The van der Waals surface area contributed by atoms with Crippen LogP contribution in [0, 0.1) is 0 Å². The number of anilines is 1. The molecule has 26 heavy (non-hydrogen) atoms. The maximum Gasteiger partial charge on any atom is 0.258 e. The zero-order valence-corrected chi connectivity index (χ0v) is 15.9. The van der Waals surface area contributed by atoms with Crippen molar-refractivity contribution in [3.63, 3.8) is 0 Å². The van der Waals surface area contributed by atoms with E-state index in [2.05, 4.69) is 22.2 Å². The highest BCUT2D eigenvalue weighted by Crippen LogP contribution is 2.27. The molecule has 0 saturated carbocycles. The van der Waals surface area contributed by atoms with Crippen LogP contribution < -0.4 is 5.32 Å². The Morgan fingerprint density at radius 1 is 1.35 bits per heavy atom. The summed E-state index contributed by atoms with van der Waals surface area (Å²) in [6.45, 7) is 4.92. The van der Waals surface area contributed by atoms with Crippen molar-refractivity contribution < 1.29 is 9.53 Å². The van der Waals surface area contributed by atoms with Gasteiger partial charge in [-0.25, -0.2) is 4.68 Å². The van der Waals surface area contributed by atoms with E-state index < -0.39 is 0 Å². The summed E-state index contributed by atoms with van der Waals surface area (Å²) >= 11 is 6.12. The van der Waals surface area contributed by atoms with Crippen LogP contribution in [-0.4, -0.2) is 53.4 Å². The second kappa shape index (κ2) is 8.66. The van der Waals surface area contributed by atoms with E-state index in [1.807, 2.05) is 16.8 Å². The lowest BCUT2D eigenvalue weighted by Gasteiger charge is -2.36. The molecule has 140 valence electrons. The van der Waals surface area contributed by atoms with Crippen LogP contribution in [0.5, 0.6) is 0 Å². The van der Waals surface area contributed by atoms with E-state index in [-0.39, 0.29) is 11.9 Å². The Morgan fingerprint density at radius 2 is 2.08 bits per heavy atom. The van der Waals surface area contributed by atoms with Gasteiger partial charge in [0.15, 0.2) is 0 Å². The maximum atomic E-state index is 12.5. The number of carbonyl (C=O) groups excluding carboxylic acids is 1. The van der Waals surface area contributed by atoms with Crippen molar-refractivity contribution in [2.45, 2.75) is 31.8 Å². The number of nitrogens with zero attached hydrogens (tertiary/aromatic N) is 3. The molecule has 1 fully saturated rings. The Hall–Kier alpha value is -1.89. The molecular formula is C19H25ClN4O2. The number of nitrogens with one attached hydrogen (secondary N) is 1. The lowest BCUT2D eigenvalue weighted by Crippen LogP contribution is -2.42. The molecule has 0 radical (unpaired) electrons. The third-order valence-corrected chi connectivity index (χ3v) is 5.24. The molecule has 7 heteroatoms. The molecule has 6 nitrogen and oxygen atoms in total. The molecule has 1 aliphatic rings. The third kappa shape index (κ3) is 4.26. The minimum absolute atomic E-state index is 0.219. The molecule has 3 rings (SSSR count). The average molecular weight is 377 g/mol. The number of rotatable bonds is 6. The standard InChI is InChI=1S/C19H25ClN4O2/c1-14(13-26-2)23-11-8-15(9-12-23)24-18(7-10-21-24)22-19(25)16-5-3-4-6-17(16)20/h3-7,10,14-15H,8-9,11-13H2,1-2H3,(H,22,25)/t14-/m1/s1. The van der Waals surface area contributed by atoms with E-state index in [9.17, 15) is 4.79 Å². The lowest BCUT2D eigenvalue weighted by atomic mass is 10.0. The van der Waals surface area contributed by atoms with Crippen LogP contribution in [0.4, 0.5) is 5.82 Å². The first kappa shape index (κ1) is 18.9. The summed E-state index contributed by atoms with van der Waals surface area (Å²) < 4.78 is 7.18. The number of methoxy groups -OCH3 is 1. The van der Waals surface area contributed by atoms with Gasteiger partial charge in [0.25, 0.3) is 5.91 Å². The first-order valence-corrected chi connectivity index (χ1v) is 9.30. The highest BCUT2D eigenvalue weighted by atomic mass is 35.5. The van der Waals surface area contributed by atoms with Crippen LogP contribution in [0.15, 0.2) is 36.5 Å². The van der Waals surface area contributed by atoms with Gasteiger partial charge < -0.3 is 10.1 Å². The van der Waals surface area contributed by atoms with Crippen LogP contribution in [0.1, 0.15) is 36.2 Å². The predicted molar refractivity (Wildman–Crippen MR) is 103 cm³/mol. The summed E-state index contributed by atoms with van der Waals surface area (Å²) in [5, 5.41) is 7.82. The minimum atomic E-state index is -0.219. The summed E-state index contributed by atoms with van der Waals surface area (Å²) in [4.78, 5) is 15.0. The van der Waals surface area contributed by atoms with Crippen molar-refractivity contribution in [2.75, 3.05) is 32.1 Å². The zero-order valence-electron chi connectivity index (χ0n) is 15.2. The second-order valence-corrected chi connectivity index (χ2v) is 7.07. The Bertz CT molecular complexity index is 741. The first-order chi connectivity index (χ1) is 12.6. The fourth-order valence-electron chi connectivity index (χ4n) is 3.45. The smallest absolute Gasteiger partial charge is 0.258 e. The summed E-state index contributed by atoms with van der Waals surface area (Å²) in [6.07, 6.45) is 3.71. The predicted octanol–water partition coefficient (Wildman–Crippen LogP) is 3.46. The molecule has 0 bridgehead atoms. The van der Waals surface area contributed by atoms with Crippen LogP contribution in [0.25, 0.3) is 0 Å². The normalized spacial score (nSPS) is 17.2. The van der Waals surface area contributed by atoms with Gasteiger partial charge in [-0.3, -0.25) is 9.69 Å². The molecule has 1 aromatic heterocycles. The number of benzene rings is 1. The van der Waals surface area contributed by atoms with E-state index in [0.717, 1.165) is 32.5 Å². The van der Waals surface area contributed by atoms with Crippen LogP contribution >= 0.6 is 11.6 Å². The van der Waals surface area contributed by atoms with E-state index in [1.165, 1.54) is 0 Å². The molecule has 1 atom stereocenters. The Balaban J connectivity index is 1.64. The average Bonchev–Trinajstić information content (AvgIpc) is 3.10. The number of aromatic nitrogens is 2. The van der Waals surface area contributed by atoms with Crippen molar-refractivity contribution >= 4 is 23.3 Å². The Kier molecular flexibility index (Phi) is 6.29. The molecule has 1 saturated heterocycles. The van der Waals surface area contributed by atoms with E-state index in [4.69, 9.17) is 16.3 Å². The Morgan fingerprint density at radius 3 is 2.77 bits per heavy atom. The summed E-state index contributed by atoms with van der Waals surface area (Å²) in [5.74, 6) is 0.488. The number of hydrogen-bond donors (Lipinski definition) is 1. The molecule has 2 heterocycles. The van der Waals surface area contributed by atoms with E-state index in [0.29, 0.717) is 22.4 Å². The molecule has 0 spiro atoms. The molecule has 1 N–H and O–H groups in total. The summed E-state index contributed by atoms with van der Waals surface area (Å²) in [6, 6.07) is 9.56. The highest BCUT2D eigenvalue weighted by molar-refractivity contribution is 6.34. The van der Waals surface area contributed by atoms with Gasteiger partial charge in [0, 0.05) is 32.3 Å². The van der Waals surface area contributed by atoms with E-state index >= 15 is 0 Å². The van der Waals surface area contributed by atoms with Crippen LogP contribution in [0.3, 0.4) is 0 Å². The Labute approximate surface area is 159 Å². The number of piperidine rings is 1. The molecule has 1 aromatic carbocycles. The van der Waals surface area contributed by atoms with Gasteiger partial charge in [-0.2, -0.15) is 5.10 Å². The SMILES string of the molecule is COC[C@@H](C)N1CCC(n2nccc2NC(=O)c2ccccc2Cl)CC1. The largest absolute Gasteiger partial charge is 0.383 e. The topological polar surface area (TPSA) is 59.4 Å². The quantitative estimate of drug-likeness (QED) is 0.838. The fraction of sp³-hybridized carbons (Fsp3) is 0.474. The number of hydrogen-bond acceptors (Lipinski definition) is 4. The highest BCUT2D eigenvalue weighted by Gasteiger charge is 2.25. The number of halogens is 1. The van der Waals surface area contributed by atoms with Gasteiger partial charge in [0.2, 0.25) is 0 Å². The molecule has 0 aliphatic carbocycles. The summed E-state index contributed by atoms with van der Waals surface area (Å²) in [5.41, 5.74) is 0.463. The van der Waals surface area contributed by atoms with Gasteiger partial charge in [-0.1, -0.05) is 23.7 Å². The summed E-state index contributed by atoms with van der Waals surface area (Å²) in [7, 11) is 1.74. The van der Waals surface area contributed by atoms with Crippen LogP contribution in [0.2, 0.25) is 5.02 Å². The van der Waals surface area contributed by atoms with Crippen molar-refractivity contribution in [1.82, 2.24) is 14.7 Å². The number of carbonyl (C=O) groups is 1. The van der Waals surface area contributed by atoms with Crippen LogP contribution in [-0.2, 0) is 4.74 Å². The third-order valence-electron chi connectivity index (χ3n) is 4.91. The second-order valence-electron chi connectivity index (χ2n) is 6.67. The maximum absolute atomic E-state index is 12.5. The van der Waals surface area contributed by atoms with Crippen molar-refractivity contribution in [1.29, 1.82) is 0 Å². The van der Waals surface area contributed by atoms with Crippen molar-refractivity contribution in [2.24, 2.45) is 0 Å². The van der Waals surface area contributed by atoms with Gasteiger partial charge >= 0.3 is 0 Å². The zero-order chi connectivity index (χ0) is 18.5. The molecule has 1 amide bonds. The number of amides is 1. The molecule has 1 aliphatic heterocycles.